The van der Waals surface area contributed by atoms with E-state index in [1.165, 1.54) is 11.1 Å². The number of nitrogens with one attached hydrogen (secondary N) is 1. The lowest BCUT2D eigenvalue weighted by Crippen LogP contribution is -2.54. The van der Waals surface area contributed by atoms with Crippen LogP contribution in [0.15, 0.2) is 24.3 Å². The van der Waals surface area contributed by atoms with Gasteiger partial charge in [-0.15, -0.1) is 23.5 Å². The summed E-state index contributed by atoms with van der Waals surface area (Å²) in [5, 5.41) is 2.99. The summed E-state index contributed by atoms with van der Waals surface area (Å²) in [4.78, 5) is 28.6. The molecule has 0 bridgehead atoms. The Hall–Kier alpha value is -1.06. The van der Waals surface area contributed by atoms with Crippen LogP contribution in [-0.2, 0) is 31.9 Å². The van der Waals surface area contributed by atoms with Gasteiger partial charge in [0.2, 0.25) is 5.91 Å². The van der Waals surface area contributed by atoms with Crippen molar-refractivity contribution in [3.63, 3.8) is 0 Å². The maximum Gasteiger partial charge on any atom is 0.242 e. The minimum atomic E-state index is -0.459. The molecule has 2 aliphatic heterocycles. The largest absolute Gasteiger partial charge is 0.351 e. The number of thioether (sulfide) groups is 2. The van der Waals surface area contributed by atoms with Gasteiger partial charge in [0.15, 0.2) is 6.29 Å². The predicted molar refractivity (Wildman–Crippen MR) is 134 cm³/mol. The molecule has 0 radical (unpaired) electrons. The summed E-state index contributed by atoms with van der Waals surface area (Å²) < 4.78 is 11.6. The molecule has 33 heavy (non-hydrogen) atoms. The highest BCUT2D eigenvalue weighted by molar-refractivity contribution is 8.01. The number of hydrogen-bond acceptors (Lipinski definition) is 7. The molecule has 1 aliphatic carbocycles. The quantitative estimate of drug-likeness (QED) is 0.502. The fraction of sp³-hybridized carbons (Fsp3) is 0.680. The summed E-state index contributed by atoms with van der Waals surface area (Å²) in [5.74, 6) is 2.80. The lowest BCUT2D eigenvalue weighted by atomic mass is 9.81. The van der Waals surface area contributed by atoms with Gasteiger partial charge in [0.05, 0.1) is 17.2 Å². The predicted octanol–water partition coefficient (Wildman–Crippen LogP) is 3.47. The van der Waals surface area contributed by atoms with Gasteiger partial charge in [-0.3, -0.25) is 14.9 Å². The van der Waals surface area contributed by atoms with Crippen LogP contribution in [0.5, 0.6) is 0 Å². The number of carbonyl (C=O) groups is 2. The molecule has 4 rings (SSSR count). The molecule has 1 aromatic carbocycles. The Bertz CT molecular complexity index is 817. The highest BCUT2D eigenvalue weighted by Crippen LogP contribution is 2.32. The lowest BCUT2D eigenvalue weighted by Gasteiger charge is -2.32. The van der Waals surface area contributed by atoms with E-state index in [4.69, 9.17) is 9.47 Å². The van der Waals surface area contributed by atoms with Crippen molar-refractivity contribution in [2.24, 2.45) is 5.92 Å². The van der Waals surface area contributed by atoms with Crippen LogP contribution in [0.2, 0.25) is 0 Å². The molecule has 2 fully saturated rings. The highest BCUT2D eigenvalue weighted by atomic mass is 32.2. The molecule has 1 unspecified atom stereocenters. The van der Waals surface area contributed by atoms with Gasteiger partial charge in [-0.25, -0.2) is 0 Å². The number of carbonyl (C=O) groups excluding carboxylic acids is 2. The van der Waals surface area contributed by atoms with Crippen LogP contribution in [-0.4, -0.2) is 70.9 Å². The molecule has 0 saturated carbocycles. The third-order valence-electron chi connectivity index (χ3n) is 6.88. The second-order valence-electron chi connectivity index (χ2n) is 8.95. The Morgan fingerprint density at radius 3 is 2.70 bits per heavy atom. The van der Waals surface area contributed by atoms with Crippen molar-refractivity contribution in [1.29, 1.82) is 0 Å². The SMILES string of the molecule is CCOC(OCC)[C@@H]1CSCN1C(=O)[C@H]1NCSC1C(=O)CC[C@H]1CCc2ccccc2C1. The Morgan fingerprint density at radius 1 is 1.18 bits per heavy atom. The van der Waals surface area contributed by atoms with E-state index in [1.54, 1.807) is 23.5 Å². The molecule has 2 saturated heterocycles. The first-order valence-electron chi connectivity index (χ1n) is 12.2. The molecule has 2 heterocycles. The van der Waals surface area contributed by atoms with Crippen LogP contribution >= 0.6 is 23.5 Å². The van der Waals surface area contributed by atoms with E-state index in [-0.39, 0.29) is 23.0 Å². The zero-order chi connectivity index (χ0) is 23.2. The monoisotopic (exact) mass is 492 g/mol. The molecular formula is C25H36N2O4S2. The van der Waals surface area contributed by atoms with E-state index in [2.05, 4.69) is 29.6 Å². The van der Waals surface area contributed by atoms with E-state index in [0.29, 0.717) is 37.3 Å². The Kier molecular flexibility index (Phi) is 9.16. The minimum Gasteiger partial charge on any atom is -0.351 e. The van der Waals surface area contributed by atoms with Crippen molar-refractivity contribution < 1.29 is 19.1 Å². The van der Waals surface area contributed by atoms with Gasteiger partial charge < -0.3 is 14.4 Å². The minimum absolute atomic E-state index is 0.00403. The van der Waals surface area contributed by atoms with Gasteiger partial charge in [0.25, 0.3) is 0 Å². The van der Waals surface area contributed by atoms with Crippen molar-refractivity contribution >= 4 is 35.2 Å². The van der Waals surface area contributed by atoms with Crippen LogP contribution in [0.25, 0.3) is 0 Å². The number of rotatable bonds is 10. The summed E-state index contributed by atoms with van der Waals surface area (Å²) in [6.45, 7) is 4.96. The first-order valence-corrected chi connectivity index (χ1v) is 14.4. The average Bonchev–Trinajstić information content (AvgIpc) is 3.52. The standard InChI is InChI=1S/C25H36N2O4S2/c1-3-30-25(31-4-2)20-14-32-16-27(20)24(29)22-23(33-15-26-22)21(28)12-10-17-9-11-18-7-5-6-8-19(18)13-17/h5-8,17,20,22-23,25-26H,3-4,9-16H2,1-2H3/t17-,20+,22+,23?/m1/s1. The molecular weight excluding hydrogens is 456 g/mol. The van der Waals surface area contributed by atoms with E-state index in [9.17, 15) is 9.59 Å². The fourth-order valence-electron chi connectivity index (χ4n) is 5.12. The van der Waals surface area contributed by atoms with Crippen LogP contribution < -0.4 is 5.32 Å². The smallest absolute Gasteiger partial charge is 0.242 e. The first kappa shape index (κ1) is 25.0. The Balaban J connectivity index is 1.34. The van der Waals surface area contributed by atoms with Crippen LogP contribution in [0, 0.1) is 5.92 Å². The van der Waals surface area contributed by atoms with Gasteiger partial charge in [0.1, 0.15) is 11.8 Å². The number of ketones is 1. The fourth-order valence-corrected chi connectivity index (χ4v) is 7.49. The first-order chi connectivity index (χ1) is 16.1. The van der Waals surface area contributed by atoms with Crippen molar-refractivity contribution in [3.05, 3.63) is 35.4 Å². The summed E-state index contributed by atoms with van der Waals surface area (Å²) >= 11 is 3.29. The topological polar surface area (TPSA) is 67.9 Å². The zero-order valence-corrected chi connectivity index (χ0v) is 21.3. The summed E-state index contributed by atoms with van der Waals surface area (Å²) in [6.07, 6.45) is 4.34. The second-order valence-corrected chi connectivity index (χ2v) is 11.1. The average molecular weight is 493 g/mol. The molecule has 8 heteroatoms. The third kappa shape index (κ3) is 5.96. The van der Waals surface area contributed by atoms with Crippen LogP contribution in [0.3, 0.4) is 0 Å². The van der Waals surface area contributed by atoms with Gasteiger partial charge in [-0.2, -0.15) is 0 Å². The maximum atomic E-state index is 13.5. The maximum absolute atomic E-state index is 13.5. The Morgan fingerprint density at radius 2 is 1.94 bits per heavy atom. The number of benzene rings is 1. The van der Waals surface area contributed by atoms with Crippen LogP contribution in [0.4, 0.5) is 0 Å². The van der Waals surface area contributed by atoms with E-state index in [1.807, 2.05) is 18.7 Å². The summed E-state index contributed by atoms with van der Waals surface area (Å²) in [6, 6.07) is 8.08. The molecule has 4 atom stereocenters. The molecule has 6 nitrogen and oxygen atoms in total. The number of amides is 1. The van der Waals surface area contributed by atoms with E-state index >= 15 is 0 Å². The third-order valence-corrected chi connectivity index (χ3v) is 9.14. The van der Waals surface area contributed by atoms with Crippen molar-refractivity contribution in [2.45, 2.75) is 69.6 Å². The molecule has 1 amide bonds. The van der Waals surface area contributed by atoms with Crippen LogP contribution in [0.1, 0.15) is 44.2 Å². The summed E-state index contributed by atoms with van der Waals surface area (Å²) in [5.41, 5.74) is 2.89. The molecule has 182 valence electrons. The van der Waals surface area contributed by atoms with E-state index in [0.717, 1.165) is 31.4 Å². The second kappa shape index (κ2) is 12.1. The highest BCUT2D eigenvalue weighted by Gasteiger charge is 2.45. The number of nitrogens with zero attached hydrogens (tertiary/aromatic N) is 1. The van der Waals surface area contributed by atoms with Gasteiger partial charge in [-0.1, -0.05) is 24.3 Å². The zero-order valence-electron chi connectivity index (χ0n) is 19.7. The molecule has 0 spiro atoms. The molecule has 1 aromatic rings. The molecule has 1 N–H and O–H groups in total. The molecule has 3 aliphatic rings. The van der Waals surface area contributed by atoms with Gasteiger partial charge >= 0.3 is 0 Å². The van der Waals surface area contributed by atoms with E-state index < -0.39 is 12.3 Å². The number of fused-ring (bicyclic) bond motifs is 1. The normalized spacial score (nSPS) is 27.2. The van der Waals surface area contributed by atoms with Crippen molar-refractivity contribution in [1.82, 2.24) is 10.2 Å². The van der Waals surface area contributed by atoms with Crippen molar-refractivity contribution in [3.8, 4) is 0 Å². The Labute approximate surface area is 205 Å². The lowest BCUT2D eigenvalue weighted by molar-refractivity contribution is -0.173. The number of hydrogen-bond donors (Lipinski definition) is 1. The van der Waals surface area contributed by atoms with Crippen molar-refractivity contribution in [2.75, 3.05) is 30.7 Å². The molecule has 0 aromatic heterocycles. The van der Waals surface area contributed by atoms with Gasteiger partial charge in [0, 0.05) is 31.3 Å². The number of aryl methyl sites for hydroxylation is 1. The van der Waals surface area contributed by atoms with Gasteiger partial charge in [-0.05, 0) is 56.6 Å². The number of ether oxygens (including phenoxy) is 2. The summed E-state index contributed by atoms with van der Waals surface area (Å²) in [7, 11) is 0. The number of Topliss-reactive ketones (excluding diaryl/α,β-unsaturated/α-hetero) is 1.